The molecule has 1 aromatic rings. The first kappa shape index (κ1) is 19.5. The van der Waals surface area contributed by atoms with Gasteiger partial charge in [0.05, 0.1) is 4.90 Å². The first-order valence-corrected chi connectivity index (χ1v) is 8.95. The number of rotatable bonds is 8. The molecule has 130 valence electrons. The van der Waals surface area contributed by atoms with Gasteiger partial charge < -0.3 is 0 Å². The van der Waals surface area contributed by atoms with Crippen molar-refractivity contribution in [2.75, 3.05) is 6.54 Å². The molecule has 0 atom stereocenters. The van der Waals surface area contributed by atoms with E-state index >= 15 is 0 Å². The van der Waals surface area contributed by atoms with Crippen LogP contribution in [0, 0.1) is 6.92 Å². The van der Waals surface area contributed by atoms with Crippen molar-refractivity contribution in [1.29, 1.82) is 0 Å². The summed E-state index contributed by atoms with van der Waals surface area (Å²) in [6, 6.07) is 6.06. The van der Waals surface area contributed by atoms with E-state index in [4.69, 9.17) is 0 Å². The van der Waals surface area contributed by atoms with Crippen LogP contribution < -0.4 is 0 Å². The standard InChI is InChI=1S/C16H22F3NO2S/c1-3-4-5-6-12-20(13-11-16(17,18)19)23(21,22)15-9-7-14(2)8-10-15/h7-11,13H,3-6,12H2,1-2H3/b13-11-. The SMILES string of the molecule is CCCCCCN(/C=C\C(F)(F)F)S(=O)(=O)c1ccc(C)cc1. The highest BCUT2D eigenvalue weighted by Gasteiger charge is 2.26. The van der Waals surface area contributed by atoms with E-state index in [9.17, 15) is 21.6 Å². The van der Waals surface area contributed by atoms with Crippen LogP contribution in [-0.4, -0.2) is 25.4 Å². The van der Waals surface area contributed by atoms with Gasteiger partial charge in [0, 0.05) is 18.8 Å². The van der Waals surface area contributed by atoms with Gasteiger partial charge in [-0.1, -0.05) is 43.9 Å². The predicted molar refractivity (Wildman–Crippen MR) is 84.4 cm³/mol. The topological polar surface area (TPSA) is 37.4 Å². The Morgan fingerprint density at radius 3 is 2.22 bits per heavy atom. The third-order valence-electron chi connectivity index (χ3n) is 3.29. The Bertz CT molecular complexity index is 607. The van der Waals surface area contributed by atoms with Crippen LogP contribution in [0.4, 0.5) is 13.2 Å². The van der Waals surface area contributed by atoms with Gasteiger partial charge in [0.15, 0.2) is 0 Å². The van der Waals surface area contributed by atoms with E-state index in [0.717, 1.165) is 29.1 Å². The van der Waals surface area contributed by atoms with Crippen molar-refractivity contribution in [1.82, 2.24) is 4.31 Å². The number of aryl methyl sites for hydroxylation is 1. The lowest BCUT2D eigenvalue weighted by Gasteiger charge is -2.21. The summed E-state index contributed by atoms with van der Waals surface area (Å²) >= 11 is 0. The first-order valence-electron chi connectivity index (χ1n) is 7.51. The minimum Gasteiger partial charge on any atom is -0.273 e. The maximum Gasteiger partial charge on any atom is 0.411 e. The Labute approximate surface area is 135 Å². The minimum absolute atomic E-state index is 0.00887. The number of nitrogens with zero attached hydrogens (tertiary/aromatic N) is 1. The molecule has 0 aliphatic carbocycles. The van der Waals surface area contributed by atoms with Gasteiger partial charge in [0.1, 0.15) is 0 Å². The summed E-state index contributed by atoms with van der Waals surface area (Å²) in [7, 11) is -3.98. The summed E-state index contributed by atoms with van der Waals surface area (Å²) in [4.78, 5) is -0.00887. The molecule has 1 rings (SSSR count). The van der Waals surface area contributed by atoms with Crippen molar-refractivity contribution in [2.24, 2.45) is 0 Å². The first-order chi connectivity index (χ1) is 10.7. The minimum atomic E-state index is -4.55. The van der Waals surface area contributed by atoms with Crippen molar-refractivity contribution in [3.8, 4) is 0 Å². The van der Waals surface area contributed by atoms with E-state index in [-0.39, 0.29) is 17.5 Å². The van der Waals surface area contributed by atoms with Crippen LogP contribution >= 0.6 is 0 Å². The highest BCUT2D eigenvalue weighted by atomic mass is 32.2. The molecule has 0 N–H and O–H groups in total. The molecule has 0 aliphatic rings. The molecule has 1 aromatic carbocycles. The largest absolute Gasteiger partial charge is 0.411 e. The molecule has 0 unspecified atom stereocenters. The summed E-state index contributed by atoms with van der Waals surface area (Å²) in [6.07, 6.45) is -0.813. The second kappa shape index (κ2) is 8.38. The molecule has 0 bridgehead atoms. The smallest absolute Gasteiger partial charge is 0.273 e. The molecule has 7 heteroatoms. The van der Waals surface area contributed by atoms with Gasteiger partial charge in [-0.25, -0.2) is 8.42 Å². The van der Waals surface area contributed by atoms with Gasteiger partial charge >= 0.3 is 6.18 Å². The van der Waals surface area contributed by atoms with Crippen LogP contribution in [0.3, 0.4) is 0 Å². The summed E-state index contributed by atoms with van der Waals surface area (Å²) < 4.78 is 63.0. The van der Waals surface area contributed by atoms with Crippen molar-refractivity contribution in [3.05, 3.63) is 42.1 Å². The van der Waals surface area contributed by atoms with E-state index in [2.05, 4.69) is 0 Å². The number of alkyl halides is 3. The second-order valence-corrected chi connectivity index (χ2v) is 7.24. The lowest BCUT2D eigenvalue weighted by molar-refractivity contribution is -0.0804. The van der Waals surface area contributed by atoms with Gasteiger partial charge in [-0.3, -0.25) is 4.31 Å². The van der Waals surface area contributed by atoms with Gasteiger partial charge in [0.25, 0.3) is 10.0 Å². The summed E-state index contributed by atoms with van der Waals surface area (Å²) in [5.41, 5.74) is 0.879. The number of hydrogen-bond donors (Lipinski definition) is 0. The Morgan fingerprint density at radius 2 is 1.70 bits per heavy atom. The van der Waals surface area contributed by atoms with E-state index in [1.54, 1.807) is 12.1 Å². The molecule has 0 spiro atoms. The quantitative estimate of drug-likeness (QED) is 0.641. The number of benzene rings is 1. The van der Waals surface area contributed by atoms with Crippen molar-refractivity contribution in [3.63, 3.8) is 0 Å². The average molecular weight is 349 g/mol. The Kier molecular flexibility index (Phi) is 7.12. The van der Waals surface area contributed by atoms with Crippen LogP contribution in [-0.2, 0) is 10.0 Å². The van der Waals surface area contributed by atoms with Gasteiger partial charge in [0.2, 0.25) is 0 Å². The lowest BCUT2D eigenvalue weighted by atomic mass is 10.2. The fourth-order valence-corrected chi connectivity index (χ4v) is 3.32. The molecule has 0 amide bonds. The summed E-state index contributed by atoms with van der Waals surface area (Å²) in [6.45, 7) is 3.84. The van der Waals surface area contributed by atoms with E-state index in [1.807, 2.05) is 13.8 Å². The zero-order chi connectivity index (χ0) is 17.5. The molecule has 0 saturated carbocycles. The van der Waals surface area contributed by atoms with Crippen LogP contribution in [0.1, 0.15) is 38.2 Å². The highest BCUT2D eigenvalue weighted by Crippen LogP contribution is 2.21. The highest BCUT2D eigenvalue weighted by molar-refractivity contribution is 7.89. The van der Waals surface area contributed by atoms with Gasteiger partial charge in [-0.05, 0) is 25.5 Å². The van der Waals surface area contributed by atoms with Crippen LogP contribution in [0.25, 0.3) is 0 Å². The molecule has 0 heterocycles. The number of sulfonamides is 1. The monoisotopic (exact) mass is 349 g/mol. The lowest BCUT2D eigenvalue weighted by Crippen LogP contribution is -2.27. The molecule has 0 aromatic heterocycles. The number of unbranched alkanes of at least 4 members (excludes halogenated alkanes) is 3. The Morgan fingerprint density at radius 1 is 1.09 bits per heavy atom. The molecule has 3 nitrogen and oxygen atoms in total. The number of allylic oxidation sites excluding steroid dienone is 1. The molecule has 0 radical (unpaired) electrons. The predicted octanol–water partition coefficient (Wildman–Crippen LogP) is 4.64. The van der Waals surface area contributed by atoms with Gasteiger partial charge in [-0.2, -0.15) is 13.2 Å². The summed E-state index contributed by atoms with van der Waals surface area (Å²) in [5, 5.41) is 0. The maximum absolute atomic E-state index is 12.5. The van der Waals surface area contributed by atoms with Crippen LogP contribution in [0.5, 0.6) is 0 Å². The number of halogens is 3. The van der Waals surface area contributed by atoms with E-state index < -0.39 is 16.2 Å². The molecule has 0 fully saturated rings. The molecule has 0 saturated heterocycles. The maximum atomic E-state index is 12.5. The molecular weight excluding hydrogens is 327 g/mol. The fraction of sp³-hybridized carbons (Fsp3) is 0.500. The Balaban J connectivity index is 3.00. The molecular formula is C16H22F3NO2S. The number of hydrogen-bond acceptors (Lipinski definition) is 2. The summed E-state index contributed by atoms with van der Waals surface area (Å²) in [5.74, 6) is 0. The molecule has 0 aliphatic heterocycles. The van der Waals surface area contributed by atoms with Crippen molar-refractivity contribution >= 4 is 10.0 Å². The Hall–Kier alpha value is -1.50. The van der Waals surface area contributed by atoms with Gasteiger partial charge in [-0.15, -0.1) is 0 Å². The fourth-order valence-electron chi connectivity index (χ4n) is 1.98. The molecule has 23 heavy (non-hydrogen) atoms. The van der Waals surface area contributed by atoms with Crippen molar-refractivity contribution in [2.45, 2.75) is 50.6 Å². The third kappa shape index (κ3) is 6.64. The van der Waals surface area contributed by atoms with E-state index in [0.29, 0.717) is 12.6 Å². The van der Waals surface area contributed by atoms with Crippen LogP contribution in [0.2, 0.25) is 0 Å². The third-order valence-corrected chi connectivity index (χ3v) is 5.08. The average Bonchev–Trinajstić information content (AvgIpc) is 2.45. The van der Waals surface area contributed by atoms with E-state index in [1.165, 1.54) is 12.1 Å². The zero-order valence-corrected chi connectivity index (χ0v) is 14.1. The second-order valence-electron chi connectivity index (χ2n) is 5.35. The van der Waals surface area contributed by atoms with Crippen LogP contribution in [0.15, 0.2) is 41.4 Å². The zero-order valence-electron chi connectivity index (χ0n) is 13.3. The van der Waals surface area contributed by atoms with Crippen molar-refractivity contribution < 1.29 is 21.6 Å². The normalized spacial score (nSPS) is 12.7.